The summed E-state index contributed by atoms with van der Waals surface area (Å²) >= 11 is 9.10. The lowest BCUT2D eigenvalue weighted by Crippen LogP contribution is -2.09. The number of thiol groups is 1. The van der Waals surface area contributed by atoms with E-state index in [-0.39, 0.29) is 9.92 Å². The van der Waals surface area contributed by atoms with Gasteiger partial charge in [-0.15, -0.1) is 12.6 Å². The molecule has 82 valence electrons. The molecule has 0 aliphatic carbocycles. The minimum absolute atomic E-state index is 0.0728. The third kappa shape index (κ3) is 2.54. The second kappa shape index (κ2) is 3.90. The Balaban J connectivity index is 3.49. The Bertz CT molecular complexity index is 421. The molecule has 0 atom stereocenters. The average molecular weight is 258 g/mol. The lowest BCUT2D eigenvalue weighted by atomic mass is 10.2. The summed E-state index contributed by atoms with van der Waals surface area (Å²) in [4.78, 5) is 9.16. The number of nitrogens with zero attached hydrogens (tertiary/aromatic N) is 1. The first-order valence-electron chi connectivity index (χ1n) is 3.47. The summed E-state index contributed by atoms with van der Waals surface area (Å²) < 4.78 is 37.0. The number of nitro benzene ring substituents is 1. The fraction of sp³-hybridized carbons (Fsp3) is 0.143. The molecule has 0 amide bonds. The maximum atomic E-state index is 12.3. The van der Waals surface area contributed by atoms with Gasteiger partial charge in [0.05, 0.1) is 9.95 Å². The van der Waals surface area contributed by atoms with Crippen LogP contribution < -0.4 is 0 Å². The fourth-order valence-corrected chi connectivity index (χ4v) is 1.28. The molecule has 0 heterocycles. The molecule has 3 nitrogen and oxygen atoms in total. The number of benzene rings is 1. The van der Waals surface area contributed by atoms with Crippen molar-refractivity contribution in [2.45, 2.75) is 11.1 Å². The zero-order chi connectivity index (χ0) is 11.8. The van der Waals surface area contributed by atoms with Gasteiger partial charge in [-0.05, 0) is 6.07 Å². The number of halogens is 4. The molecule has 0 saturated heterocycles. The van der Waals surface area contributed by atoms with Crippen molar-refractivity contribution >= 4 is 29.9 Å². The molecule has 0 bridgehead atoms. The minimum atomic E-state index is -4.81. The first-order chi connectivity index (χ1) is 6.73. The van der Waals surface area contributed by atoms with E-state index >= 15 is 0 Å². The Kier molecular flexibility index (Phi) is 3.15. The highest BCUT2D eigenvalue weighted by atomic mass is 35.5. The second-order valence-electron chi connectivity index (χ2n) is 2.58. The predicted octanol–water partition coefficient (Wildman–Crippen LogP) is 3.56. The Morgan fingerprint density at radius 1 is 1.40 bits per heavy atom. The molecule has 1 rings (SSSR count). The van der Waals surface area contributed by atoms with E-state index in [9.17, 15) is 23.3 Å². The predicted molar refractivity (Wildman–Crippen MR) is 50.4 cm³/mol. The monoisotopic (exact) mass is 257 g/mol. The number of alkyl halides is 3. The van der Waals surface area contributed by atoms with E-state index in [1.54, 1.807) is 0 Å². The van der Waals surface area contributed by atoms with Crippen LogP contribution in [0.4, 0.5) is 18.9 Å². The van der Waals surface area contributed by atoms with Gasteiger partial charge in [0.15, 0.2) is 0 Å². The maximum Gasteiger partial charge on any atom is 0.423 e. The lowest BCUT2D eigenvalue weighted by molar-refractivity contribution is -0.388. The van der Waals surface area contributed by atoms with E-state index in [1.165, 1.54) is 0 Å². The highest BCUT2D eigenvalue weighted by Crippen LogP contribution is 2.39. The zero-order valence-electron chi connectivity index (χ0n) is 6.88. The number of nitro groups is 1. The molecule has 0 aromatic heterocycles. The molecule has 0 saturated carbocycles. The van der Waals surface area contributed by atoms with Gasteiger partial charge in [0.2, 0.25) is 0 Å². The highest BCUT2D eigenvalue weighted by Gasteiger charge is 2.38. The molecule has 0 fully saturated rings. The lowest BCUT2D eigenvalue weighted by Gasteiger charge is -2.08. The SMILES string of the molecule is O=[N+]([O-])c1cc(S)c(Cl)cc1C(F)(F)F. The third-order valence-electron chi connectivity index (χ3n) is 1.57. The van der Waals surface area contributed by atoms with Crippen molar-refractivity contribution in [1.29, 1.82) is 0 Å². The Hall–Kier alpha value is -0.950. The van der Waals surface area contributed by atoms with Crippen molar-refractivity contribution in [3.05, 3.63) is 32.8 Å². The smallest absolute Gasteiger partial charge is 0.258 e. The standard InChI is InChI=1S/C7H3ClF3NO2S/c8-4-1-3(7(9,10)11)5(12(13)14)2-6(4)15/h1-2,15H. The van der Waals surface area contributed by atoms with Crippen molar-refractivity contribution in [3.8, 4) is 0 Å². The van der Waals surface area contributed by atoms with Gasteiger partial charge in [-0.3, -0.25) is 10.1 Å². The van der Waals surface area contributed by atoms with Crippen LogP contribution in [0.3, 0.4) is 0 Å². The Labute approximate surface area is 92.4 Å². The van der Waals surface area contributed by atoms with Crippen molar-refractivity contribution in [1.82, 2.24) is 0 Å². The molecular weight excluding hydrogens is 255 g/mol. The summed E-state index contributed by atoms with van der Waals surface area (Å²) in [6.45, 7) is 0. The van der Waals surface area contributed by atoms with Crippen LogP contribution in [-0.4, -0.2) is 4.92 Å². The quantitative estimate of drug-likeness (QED) is 0.475. The molecule has 1 aromatic carbocycles. The number of rotatable bonds is 1. The Morgan fingerprint density at radius 2 is 1.93 bits per heavy atom. The second-order valence-corrected chi connectivity index (χ2v) is 3.46. The molecule has 0 spiro atoms. The minimum Gasteiger partial charge on any atom is -0.258 e. The number of hydrogen-bond acceptors (Lipinski definition) is 3. The van der Waals surface area contributed by atoms with Crippen molar-refractivity contribution in [2.75, 3.05) is 0 Å². The highest BCUT2D eigenvalue weighted by molar-refractivity contribution is 7.80. The van der Waals surface area contributed by atoms with Gasteiger partial charge in [0.25, 0.3) is 5.69 Å². The van der Waals surface area contributed by atoms with Gasteiger partial charge in [0.1, 0.15) is 5.56 Å². The van der Waals surface area contributed by atoms with E-state index in [2.05, 4.69) is 12.6 Å². The van der Waals surface area contributed by atoms with Crippen LogP contribution in [-0.2, 0) is 6.18 Å². The van der Waals surface area contributed by atoms with Crippen LogP contribution in [0.25, 0.3) is 0 Å². The van der Waals surface area contributed by atoms with E-state index in [1.807, 2.05) is 0 Å². The van der Waals surface area contributed by atoms with Gasteiger partial charge in [-0.1, -0.05) is 11.6 Å². The van der Waals surface area contributed by atoms with Gasteiger partial charge in [-0.25, -0.2) is 0 Å². The van der Waals surface area contributed by atoms with Gasteiger partial charge in [0, 0.05) is 11.0 Å². The van der Waals surface area contributed by atoms with Crippen LogP contribution in [0.15, 0.2) is 17.0 Å². The summed E-state index contributed by atoms with van der Waals surface area (Å²) in [6, 6.07) is 1.16. The molecule has 8 heteroatoms. The van der Waals surface area contributed by atoms with Crippen LogP contribution in [0.1, 0.15) is 5.56 Å². The molecule has 0 radical (unpaired) electrons. The molecule has 0 aliphatic rings. The summed E-state index contributed by atoms with van der Waals surface area (Å²) in [5, 5.41) is 10.1. The molecule has 15 heavy (non-hydrogen) atoms. The van der Waals surface area contributed by atoms with Crippen molar-refractivity contribution < 1.29 is 18.1 Å². The van der Waals surface area contributed by atoms with E-state index in [0.717, 1.165) is 0 Å². The van der Waals surface area contributed by atoms with Crippen LogP contribution in [0.2, 0.25) is 5.02 Å². The first kappa shape index (κ1) is 12.1. The van der Waals surface area contributed by atoms with E-state index in [0.29, 0.717) is 12.1 Å². The molecule has 0 aliphatic heterocycles. The van der Waals surface area contributed by atoms with Crippen LogP contribution >= 0.6 is 24.2 Å². The molecular formula is C7H3ClF3NO2S. The molecule has 0 N–H and O–H groups in total. The van der Waals surface area contributed by atoms with Gasteiger partial charge in [-0.2, -0.15) is 13.2 Å². The molecule has 1 aromatic rings. The fourth-order valence-electron chi connectivity index (χ4n) is 0.929. The van der Waals surface area contributed by atoms with Crippen LogP contribution in [0, 0.1) is 10.1 Å². The average Bonchev–Trinajstić information content (AvgIpc) is 2.06. The number of hydrogen-bond donors (Lipinski definition) is 1. The normalized spacial score (nSPS) is 11.5. The van der Waals surface area contributed by atoms with E-state index in [4.69, 9.17) is 11.6 Å². The molecule has 0 unspecified atom stereocenters. The van der Waals surface area contributed by atoms with Gasteiger partial charge < -0.3 is 0 Å². The van der Waals surface area contributed by atoms with Crippen molar-refractivity contribution in [3.63, 3.8) is 0 Å². The maximum absolute atomic E-state index is 12.3. The largest absolute Gasteiger partial charge is 0.423 e. The first-order valence-corrected chi connectivity index (χ1v) is 4.30. The van der Waals surface area contributed by atoms with Gasteiger partial charge >= 0.3 is 6.18 Å². The summed E-state index contributed by atoms with van der Waals surface area (Å²) in [5.41, 5.74) is -2.44. The van der Waals surface area contributed by atoms with E-state index < -0.39 is 22.4 Å². The van der Waals surface area contributed by atoms with Crippen LogP contribution in [0.5, 0.6) is 0 Å². The summed E-state index contributed by atoms with van der Waals surface area (Å²) in [6.07, 6.45) is -4.81. The Morgan fingerprint density at radius 3 is 2.33 bits per heavy atom. The van der Waals surface area contributed by atoms with Crippen molar-refractivity contribution in [2.24, 2.45) is 0 Å². The zero-order valence-corrected chi connectivity index (χ0v) is 8.53. The summed E-state index contributed by atoms with van der Waals surface area (Å²) in [7, 11) is 0. The summed E-state index contributed by atoms with van der Waals surface area (Å²) in [5.74, 6) is 0. The topological polar surface area (TPSA) is 43.1 Å². The third-order valence-corrected chi connectivity index (χ3v) is 2.38.